The number of hydrogen-bond donors (Lipinski definition) is 2. The van der Waals surface area contributed by atoms with E-state index in [1.54, 1.807) is 11.9 Å². The predicted octanol–water partition coefficient (Wildman–Crippen LogP) is 1.33. The summed E-state index contributed by atoms with van der Waals surface area (Å²) in [5.74, 6) is 0.537. The minimum atomic E-state index is -0.146. The Morgan fingerprint density at radius 1 is 1.52 bits per heavy atom. The molecule has 0 fully saturated rings. The van der Waals surface area contributed by atoms with Crippen molar-refractivity contribution >= 4 is 27.5 Å². The van der Waals surface area contributed by atoms with E-state index in [-0.39, 0.29) is 11.5 Å². The van der Waals surface area contributed by atoms with Gasteiger partial charge in [0.05, 0.1) is 12.1 Å². The van der Waals surface area contributed by atoms with Crippen molar-refractivity contribution in [1.29, 1.82) is 0 Å². The number of H-pyrrole nitrogens is 1. The van der Waals surface area contributed by atoms with Gasteiger partial charge in [-0.05, 0) is 11.4 Å². The molecule has 0 spiro atoms. The van der Waals surface area contributed by atoms with Crippen LogP contribution in [0.2, 0.25) is 0 Å². The van der Waals surface area contributed by atoms with E-state index in [0.29, 0.717) is 41.6 Å². The fourth-order valence-electron chi connectivity index (χ4n) is 1.97. The summed E-state index contributed by atoms with van der Waals surface area (Å²) in [6.45, 7) is 5.04. The molecule has 7 heteroatoms. The number of fused-ring (bicyclic) bond motifs is 1. The SMILES string of the molecule is CC(C)NCCC(=O)N(C)Cc1nc2ccsc2c(=O)[nH]1. The number of amides is 1. The van der Waals surface area contributed by atoms with Gasteiger partial charge in [0.1, 0.15) is 10.5 Å². The van der Waals surface area contributed by atoms with Crippen LogP contribution in [0.5, 0.6) is 0 Å². The molecule has 2 heterocycles. The molecule has 0 bridgehead atoms. The molecule has 2 rings (SSSR count). The summed E-state index contributed by atoms with van der Waals surface area (Å²) in [5.41, 5.74) is 0.536. The van der Waals surface area contributed by atoms with Gasteiger partial charge in [-0.3, -0.25) is 9.59 Å². The predicted molar refractivity (Wildman–Crippen MR) is 84.5 cm³/mol. The van der Waals surface area contributed by atoms with Crippen LogP contribution in [0.15, 0.2) is 16.2 Å². The van der Waals surface area contributed by atoms with E-state index in [4.69, 9.17) is 0 Å². The third-order valence-corrected chi connectivity index (χ3v) is 3.97. The number of carbonyl (C=O) groups excluding carboxylic acids is 1. The van der Waals surface area contributed by atoms with Gasteiger partial charge < -0.3 is 15.2 Å². The lowest BCUT2D eigenvalue weighted by Crippen LogP contribution is -2.32. The van der Waals surface area contributed by atoms with E-state index >= 15 is 0 Å². The van der Waals surface area contributed by atoms with Crippen LogP contribution in [0, 0.1) is 0 Å². The lowest BCUT2D eigenvalue weighted by molar-refractivity contribution is -0.130. The largest absolute Gasteiger partial charge is 0.338 e. The summed E-state index contributed by atoms with van der Waals surface area (Å²) in [5, 5.41) is 5.04. The van der Waals surface area contributed by atoms with Gasteiger partial charge in [0.2, 0.25) is 5.91 Å². The Hall–Kier alpha value is -1.73. The average molecular weight is 308 g/mol. The van der Waals surface area contributed by atoms with Crippen molar-refractivity contribution in [2.24, 2.45) is 0 Å². The molecule has 2 aromatic rings. The Morgan fingerprint density at radius 2 is 2.29 bits per heavy atom. The highest BCUT2D eigenvalue weighted by molar-refractivity contribution is 7.17. The highest BCUT2D eigenvalue weighted by Crippen LogP contribution is 2.14. The third kappa shape index (κ3) is 4.12. The number of aromatic amines is 1. The summed E-state index contributed by atoms with van der Waals surface area (Å²) in [6.07, 6.45) is 0.430. The summed E-state index contributed by atoms with van der Waals surface area (Å²) in [4.78, 5) is 32.5. The zero-order chi connectivity index (χ0) is 15.4. The van der Waals surface area contributed by atoms with Gasteiger partial charge in [0.15, 0.2) is 0 Å². The smallest absolute Gasteiger partial charge is 0.268 e. The molecule has 0 atom stereocenters. The molecule has 0 radical (unpaired) electrons. The lowest BCUT2D eigenvalue weighted by Gasteiger charge is -2.17. The van der Waals surface area contributed by atoms with Gasteiger partial charge in [0, 0.05) is 26.1 Å². The molecule has 6 nitrogen and oxygen atoms in total. The van der Waals surface area contributed by atoms with E-state index in [9.17, 15) is 9.59 Å². The molecule has 0 aliphatic rings. The van der Waals surface area contributed by atoms with Crippen molar-refractivity contribution in [2.75, 3.05) is 13.6 Å². The highest BCUT2D eigenvalue weighted by atomic mass is 32.1. The average Bonchev–Trinajstić information content (AvgIpc) is 2.86. The van der Waals surface area contributed by atoms with E-state index in [0.717, 1.165) is 0 Å². The molecule has 0 unspecified atom stereocenters. The molecule has 1 amide bonds. The topological polar surface area (TPSA) is 78.1 Å². The maximum absolute atomic E-state index is 12.0. The Bertz CT molecular complexity index is 677. The maximum Gasteiger partial charge on any atom is 0.268 e. The zero-order valence-electron chi connectivity index (χ0n) is 12.5. The molecule has 0 aromatic carbocycles. The van der Waals surface area contributed by atoms with Gasteiger partial charge in [-0.25, -0.2) is 4.98 Å². The molecule has 0 saturated carbocycles. The number of aromatic nitrogens is 2. The summed E-state index contributed by atoms with van der Waals surface area (Å²) in [7, 11) is 1.72. The van der Waals surface area contributed by atoms with Crippen molar-refractivity contribution in [3.63, 3.8) is 0 Å². The second-order valence-electron chi connectivity index (χ2n) is 5.26. The Kier molecular flexibility index (Phi) is 5.08. The number of rotatable bonds is 6. The highest BCUT2D eigenvalue weighted by Gasteiger charge is 2.12. The van der Waals surface area contributed by atoms with Gasteiger partial charge >= 0.3 is 0 Å². The first kappa shape index (κ1) is 15.7. The Labute approximate surface area is 127 Å². The van der Waals surface area contributed by atoms with E-state index in [2.05, 4.69) is 15.3 Å². The van der Waals surface area contributed by atoms with Crippen LogP contribution in [-0.2, 0) is 11.3 Å². The summed E-state index contributed by atoms with van der Waals surface area (Å²) < 4.78 is 0.619. The molecular weight excluding hydrogens is 288 g/mol. The van der Waals surface area contributed by atoms with E-state index in [1.807, 2.05) is 25.3 Å². The number of carbonyl (C=O) groups is 1. The first-order valence-electron chi connectivity index (χ1n) is 6.91. The zero-order valence-corrected chi connectivity index (χ0v) is 13.3. The minimum Gasteiger partial charge on any atom is -0.338 e. The summed E-state index contributed by atoms with van der Waals surface area (Å²) >= 11 is 1.37. The van der Waals surface area contributed by atoms with Crippen LogP contribution >= 0.6 is 11.3 Å². The number of hydrogen-bond acceptors (Lipinski definition) is 5. The standard InChI is InChI=1S/C14H20N4O2S/c1-9(2)15-6-4-12(19)18(3)8-11-16-10-5-7-21-13(10)14(20)17-11/h5,7,9,15H,4,6,8H2,1-3H3,(H,16,17,20). The van der Waals surface area contributed by atoms with E-state index < -0.39 is 0 Å². The number of nitrogens with one attached hydrogen (secondary N) is 2. The first-order valence-corrected chi connectivity index (χ1v) is 7.79. The molecule has 114 valence electrons. The Morgan fingerprint density at radius 3 is 3.00 bits per heavy atom. The van der Waals surface area contributed by atoms with Crippen LogP contribution < -0.4 is 10.9 Å². The molecule has 0 saturated heterocycles. The second kappa shape index (κ2) is 6.82. The van der Waals surface area contributed by atoms with Gasteiger partial charge in [-0.1, -0.05) is 13.8 Å². The van der Waals surface area contributed by atoms with Gasteiger partial charge in [-0.2, -0.15) is 0 Å². The van der Waals surface area contributed by atoms with Crippen molar-refractivity contribution in [3.8, 4) is 0 Å². The molecule has 0 aliphatic carbocycles. The van der Waals surface area contributed by atoms with Crippen molar-refractivity contribution in [2.45, 2.75) is 32.9 Å². The third-order valence-electron chi connectivity index (χ3n) is 3.07. The second-order valence-corrected chi connectivity index (χ2v) is 6.17. The molecule has 21 heavy (non-hydrogen) atoms. The maximum atomic E-state index is 12.0. The number of thiophene rings is 1. The fraction of sp³-hybridized carbons (Fsp3) is 0.500. The van der Waals surface area contributed by atoms with Gasteiger partial charge in [-0.15, -0.1) is 11.3 Å². The van der Waals surface area contributed by atoms with E-state index in [1.165, 1.54) is 11.3 Å². The minimum absolute atomic E-state index is 0.0243. The first-order chi connectivity index (χ1) is 9.97. The van der Waals surface area contributed by atoms with Gasteiger partial charge in [0.25, 0.3) is 5.56 Å². The Balaban J connectivity index is 1.98. The van der Waals surface area contributed by atoms with Crippen LogP contribution in [0.1, 0.15) is 26.1 Å². The van der Waals surface area contributed by atoms with Crippen LogP contribution in [-0.4, -0.2) is 40.4 Å². The lowest BCUT2D eigenvalue weighted by atomic mass is 10.3. The monoisotopic (exact) mass is 308 g/mol. The van der Waals surface area contributed by atoms with Crippen LogP contribution in [0.4, 0.5) is 0 Å². The van der Waals surface area contributed by atoms with Crippen molar-refractivity contribution in [3.05, 3.63) is 27.6 Å². The fourth-order valence-corrected chi connectivity index (χ4v) is 2.69. The van der Waals surface area contributed by atoms with Crippen LogP contribution in [0.3, 0.4) is 0 Å². The number of nitrogens with zero attached hydrogens (tertiary/aromatic N) is 2. The normalized spacial score (nSPS) is 11.2. The van der Waals surface area contributed by atoms with Crippen LogP contribution in [0.25, 0.3) is 10.2 Å². The molecular formula is C14H20N4O2S. The molecule has 0 aliphatic heterocycles. The van der Waals surface area contributed by atoms with Crippen molar-refractivity contribution in [1.82, 2.24) is 20.2 Å². The molecule has 2 N–H and O–H groups in total. The quantitative estimate of drug-likeness (QED) is 0.844. The van der Waals surface area contributed by atoms with Crippen molar-refractivity contribution < 1.29 is 4.79 Å². The molecule has 2 aromatic heterocycles. The summed E-state index contributed by atoms with van der Waals surface area (Å²) in [6, 6.07) is 2.18.